The molecule has 0 aromatic heterocycles. The first-order valence-corrected chi connectivity index (χ1v) is 5.54. The number of carbonyl (C=O) groups is 1. The summed E-state index contributed by atoms with van der Waals surface area (Å²) < 4.78 is 0.356. The molecule has 2 rings (SSSR count). The number of carbonyl (C=O) groups excluding carboxylic acids is 1. The number of hydrogen-bond acceptors (Lipinski definition) is 3. The van der Waals surface area contributed by atoms with Crippen molar-refractivity contribution in [2.75, 3.05) is 0 Å². The van der Waals surface area contributed by atoms with Gasteiger partial charge in [0.25, 0.3) is 0 Å². The molecule has 0 bridgehead atoms. The van der Waals surface area contributed by atoms with Crippen LogP contribution in [0, 0.1) is 22.7 Å². The first-order chi connectivity index (χ1) is 8.19. The van der Waals surface area contributed by atoms with Crippen molar-refractivity contribution in [2.24, 2.45) is 0 Å². The fourth-order valence-corrected chi connectivity index (χ4v) is 2.11. The number of fused-ring (bicyclic) bond motifs is 1. The molecule has 0 saturated heterocycles. The highest BCUT2D eigenvalue weighted by molar-refractivity contribution is 9.12. The number of ketones is 1. The Bertz CT molecular complexity index is 641. The van der Waals surface area contributed by atoms with Gasteiger partial charge in [0.1, 0.15) is 17.7 Å². The number of benzene rings is 1. The number of hydrogen-bond donors (Lipinski definition) is 0. The van der Waals surface area contributed by atoms with Crippen molar-refractivity contribution in [3.63, 3.8) is 0 Å². The maximum absolute atomic E-state index is 11.9. The first-order valence-electron chi connectivity index (χ1n) is 4.75. The molecule has 1 aliphatic carbocycles. The summed E-state index contributed by atoms with van der Waals surface area (Å²) in [7, 11) is 0. The zero-order chi connectivity index (χ0) is 12.4. The normalized spacial score (nSPS) is 13.2. The summed E-state index contributed by atoms with van der Waals surface area (Å²) in [5.74, 6) is -0.139. The Hall–Kier alpha value is -2.17. The van der Waals surface area contributed by atoms with Crippen LogP contribution < -0.4 is 0 Å². The SMILES string of the molecule is N#CC(C#N)=C1C=C(Br)C(=O)c2ccccc21. The molecule has 0 N–H and O–H groups in total. The van der Waals surface area contributed by atoms with Crippen molar-refractivity contribution in [3.8, 4) is 12.1 Å². The van der Waals surface area contributed by atoms with Crippen molar-refractivity contribution >= 4 is 27.3 Å². The minimum absolute atomic E-state index is 0.00176. The molecule has 0 heterocycles. The number of rotatable bonds is 0. The summed E-state index contributed by atoms with van der Waals surface area (Å²) in [6.45, 7) is 0. The number of allylic oxidation sites excluding steroid dienone is 4. The van der Waals surface area contributed by atoms with Crippen molar-refractivity contribution in [3.05, 3.63) is 51.5 Å². The molecule has 0 amide bonds. The third kappa shape index (κ3) is 1.80. The van der Waals surface area contributed by atoms with Crippen LogP contribution in [-0.2, 0) is 0 Å². The maximum atomic E-state index is 11.9. The molecule has 1 aliphatic rings. The third-order valence-corrected chi connectivity index (χ3v) is 3.03. The molecule has 80 valence electrons. The zero-order valence-corrected chi connectivity index (χ0v) is 10.2. The fraction of sp³-hybridized carbons (Fsp3) is 0. The van der Waals surface area contributed by atoms with E-state index in [0.29, 0.717) is 21.2 Å². The third-order valence-electron chi connectivity index (χ3n) is 2.44. The van der Waals surface area contributed by atoms with Crippen LogP contribution >= 0.6 is 15.9 Å². The predicted octanol–water partition coefficient (Wildman–Crippen LogP) is 2.96. The minimum atomic E-state index is -0.139. The van der Waals surface area contributed by atoms with E-state index in [2.05, 4.69) is 15.9 Å². The number of Topliss-reactive ketones (excluding diaryl/α,β-unsaturated/α-hetero) is 1. The molecule has 0 atom stereocenters. The van der Waals surface area contributed by atoms with Gasteiger partial charge in [-0.25, -0.2) is 0 Å². The van der Waals surface area contributed by atoms with Gasteiger partial charge < -0.3 is 0 Å². The van der Waals surface area contributed by atoms with E-state index in [9.17, 15) is 4.79 Å². The van der Waals surface area contributed by atoms with Crippen molar-refractivity contribution < 1.29 is 4.79 Å². The lowest BCUT2D eigenvalue weighted by Crippen LogP contribution is -2.08. The molecule has 3 nitrogen and oxygen atoms in total. The average Bonchev–Trinajstić information content (AvgIpc) is 2.37. The largest absolute Gasteiger partial charge is 0.288 e. The van der Waals surface area contributed by atoms with E-state index in [1.165, 1.54) is 6.08 Å². The van der Waals surface area contributed by atoms with Gasteiger partial charge in [0.05, 0.1) is 4.48 Å². The molecule has 17 heavy (non-hydrogen) atoms. The van der Waals surface area contributed by atoms with E-state index < -0.39 is 0 Å². The Morgan fingerprint density at radius 2 is 1.71 bits per heavy atom. The van der Waals surface area contributed by atoms with Crippen LogP contribution in [0.2, 0.25) is 0 Å². The highest BCUT2D eigenvalue weighted by Crippen LogP contribution is 2.33. The minimum Gasteiger partial charge on any atom is -0.288 e. The lowest BCUT2D eigenvalue weighted by Gasteiger charge is -2.14. The standard InChI is InChI=1S/C13H5BrN2O/c14-12-5-11(8(6-15)7-16)9-3-1-2-4-10(9)13(12)17/h1-5H. The van der Waals surface area contributed by atoms with Gasteiger partial charge in [-0.1, -0.05) is 24.3 Å². The summed E-state index contributed by atoms with van der Waals surface area (Å²) in [6, 6.07) is 10.6. The molecular weight excluding hydrogens is 280 g/mol. The van der Waals surface area contributed by atoms with Crippen LogP contribution in [0.1, 0.15) is 15.9 Å². The number of halogens is 1. The monoisotopic (exact) mass is 284 g/mol. The Balaban J connectivity index is 2.82. The van der Waals surface area contributed by atoms with E-state index in [0.717, 1.165) is 0 Å². The topological polar surface area (TPSA) is 64.7 Å². The van der Waals surface area contributed by atoms with Crippen LogP contribution in [0.5, 0.6) is 0 Å². The summed E-state index contributed by atoms with van der Waals surface area (Å²) in [6.07, 6.45) is 1.52. The predicted molar refractivity (Wildman–Crippen MR) is 65.9 cm³/mol. The van der Waals surface area contributed by atoms with Crippen LogP contribution in [-0.4, -0.2) is 5.78 Å². The van der Waals surface area contributed by atoms with E-state index >= 15 is 0 Å². The molecule has 4 heteroatoms. The highest BCUT2D eigenvalue weighted by Gasteiger charge is 2.23. The van der Waals surface area contributed by atoms with Gasteiger partial charge in [-0.05, 0) is 27.6 Å². The van der Waals surface area contributed by atoms with Crippen molar-refractivity contribution in [1.29, 1.82) is 10.5 Å². The Morgan fingerprint density at radius 1 is 1.12 bits per heavy atom. The van der Waals surface area contributed by atoms with E-state index in [-0.39, 0.29) is 11.4 Å². The average molecular weight is 285 g/mol. The zero-order valence-electron chi connectivity index (χ0n) is 8.57. The lowest BCUT2D eigenvalue weighted by atomic mass is 9.89. The maximum Gasteiger partial charge on any atom is 0.200 e. The second-order valence-electron chi connectivity index (χ2n) is 3.38. The number of nitriles is 2. The smallest absolute Gasteiger partial charge is 0.200 e. The molecule has 0 saturated carbocycles. The van der Waals surface area contributed by atoms with Crippen LogP contribution in [0.25, 0.3) is 5.57 Å². The van der Waals surface area contributed by atoms with Crippen molar-refractivity contribution in [1.82, 2.24) is 0 Å². The van der Waals surface area contributed by atoms with Crippen molar-refractivity contribution in [2.45, 2.75) is 0 Å². The second kappa shape index (κ2) is 4.37. The van der Waals surface area contributed by atoms with Crippen LogP contribution in [0.4, 0.5) is 0 Å². The van der Waals surface area contributed by atoms with E-state index in [1.54, 1.807) is 24.3 Å². The summed E-state index contributed by atoms with van der Waals surface area (Å²) in [5, 5.41) is 17.8. The van der Waals surface area contributed by atoms with E-state index in [4.69, 9.17) is 10.5 Å². The highest BCUT2D eigenvalue weighted by atomic mass is 79.9. The Kier molecular flexibility index (Phi) is 2.91. The van der Waals surface area contributed by atoms with Gasteiger partial charge in [-0.15, -0.1) is 0 Å². The van der Waals surface area contributed by atoms with Crippen LogP contribution in [0.15, 0.2) is 40.4 Å². The van der Waals surface area contributed by atoms with Gasteiger partial charge in [-0.3, -0.25) is 4.79 Å². The van der Waals surface area contributed by atoms with Gasteiger partial charge in [0, 0.05) is 11.1 Å². The second-order valence-corrected chi connectivity index (χ2v) is 4.23. The summed E-state index contributed by atoms with van der Waals surface area (Å²) in [5.41, 5.74) is 1.61. The molecule has 0 unspecified atom stereocenters. The molecular formula is C13H5BrN2O. The Labute approximate surface area is 106 Å². The van der Waals surface area contributed by atoms with Gasteiger partial charge in [0.15, 0.2) is 0 Å². The Morgan fingerprint density at radius 3 is 2.29 bits per heavy atom. The summed E-state index contributed by atoms with van der Waals surface area (Å²) >= 11 is 3.15. The molecule has 1 aromatic rings. The number of nitrogens with zero attached hydrogens (tertiary/aromatic N) is 2. The fourth-order valence-electron chi connectivity index (χ4n) is 1.67. The molecule has 0 aliphatic heterocycles. The quantitative estimate of drug-likeness (QED) is 0.688. The molecule has 0 fully saturated rings. The summed E-state index contributed by atoms with van der Waals surface area (Å²) in [4.78, 5) is 11.9. The molecule has 0 spiro atoms. The molecule has 0 radical (unpaired) electrons. The van der Waals surface area contributed by atoms with Gasteiger partial charge in [0.2, 0.25) is 5.78 Å². The van der Waals surface area contributed by atoms with E-state index in [1.807, 2.05) is 12.1 Å². The first kappa shape index (κ1) is 11.3. The van der Waals surface area contributed by atoms with Gasteiger partial charge in [-0.2, -0.15) is 10.5 Å². The molecule has 1 aromatic carbocycles. The van der Waals surface area contributed by atoms with Gasteiger partial charge >= 0.3 is 0 Å². The lowest BCUT2D eigenvalue weighted by molar-refractivity contribution is 0.104. The van der Waals surface area contributed by atoms with Crippen LogP contribution in [0.3, 0.4) is 0 Å².